The SMILES string of the molecule is O=C1NC(=O)N(c2ccc(Cl)cc2)C(=O)/C1=C/c1cc(Cl)cc(Cl)c1Oc1ccc([N+](=O)[O-])cc1[N+](=O)[O-]. The van der Waals surface area contributed by atoms with Gasteiger partial charge in [0.05, 0.1) is 26.6 Å². The van der Waals surface area contributed by atoms with E-state index in [1.807, 2.05) is 5.32 Å². The Morgan fingerprint density at radius 1 is 0.868 bits per heavy atom. The van der Waals surface area contributed by atoms with Gasteiger partial charge in [0.2, 0.25) is 5.75 Å². The van der Waals surface area contributed by atoms with E-state index < -0.39 is 50.4 Å². The second-order valence-electron chi connectivity index (χ2n) is 7.51. The van der Waals surface area contributed by atoms with Gasteiger partial charge in [-0.3, -0.25) is 35.1 Å². The number of nitrogens with one attached hydrogen (secondary N) is 1. The summed E-state index contributed by atoms with van der Waals surface area (Å²) in [5, 5.41) is 24.9. The summed E-state index contributed by atoms with van der Waals surface area (Å²) < 4.78 is 5.64. The average molecular weight is 578 g/mol. The van der Waals surface area contributed by atoms with Crippen molar-refractivity contribution in [1.82, 2.24) is 5.32 Å². The number of anilines is 1. The lowest BCUT2D eigenvalue weighted by molar-refractivity contribution is -0.394. The number of ether oxygens (including phenoxy) is 1. The molecule has 0 unspecified atom stereocenters. The minimum atomic E-state index is -1.03. The van der Waals surface area contributed by atoms with E-state index in [0.717, 1.165) is 18.2 Å². The van der Waals surface area contributed by atoms with Crippen molar-refractivity contribution in [3.63, 3.8) is 0 Å². The summed E-state index contributed by atoms with van der Waals surface area (Å²) in [4.78, 5) is 59.8. The first-order valence-corrected chi connectivity index (χ1v) is 11.4. The number of hydrogen-bond donors (Lipinski definition) is 1. The highest BCUT2D eigenvalue weighted by Gasteiger charge is 2.37. The Balaban J connectivity index is 1.81. The number of barbiturate groups is 1. The third-order valence-electron chi connectivity index (χ3n) is 5.09. The molecule has 1 aliphatic rings. The van der Waals surface area contributed by atoms with E-state index in [9.17, 15) is 34.6 Å². The highest BCUT2D eigenvalue weighted by atomic mass is 35.5. The topological polar surface area (TPSA) is 162 Å². The predicted octanol–water partition coefficient (Wildman–Crippen LogP) is 5.92. The summed E-state index contributed by atoms with van der Waals surface area (Å²) in [6.07, 6.45) is 1.04. The van der Waals surface area contributed by atoms with Gasteiger partial charge in [0.25, 0.3) is 17.5 Å². The first-order valence-electron chi connectivity index (χ1n) is 10.2. The summed E-state index contributed by atoms with van der Waals surface area (Å²) in [6.45, 7) is 0. The van der Waals surface area contributed by atoms with Crippen molar-refractivity contribution in [3.8, 4) is 11.5 Å². The third-order valence-corrected chi connectivity index (χ3v) is 5.84. The van der Waals surface area contributed by atoms with Crippen LogP contribution in [0.25, 0.3) is 6.08 Å². The second-order valence-corrected chi connectivity index (χ2v) is 8.79. The van der Waals surface area contributed by atoms with Crippen molar-refractivity contribution in [1.29, 1.82) is 0 Å². The molecule has 1 saturated heterocycles. The van der Waals surface area contributed by atoms with Crippen LogP contribution in [0.1, 0.15) is 5.56 Å². The fourth-order valence-electron chi connectivity index (χ4n) is 3.39. The van der Waals surface area contributed by atoms with Crippen LogP contribution in [0.4, 0.5) is 21.9 Å². The van der Waals surface area contributed by atoms with Crippen molar-refractivity contribution in [2.75, 3.05) is 4.90 Å². The summed E-state index contributed by atoms with van der Waals surface area (Å²) in [5.41, 5.74) is -1.74. The lowest BCUT2D eigenvalue weighted by Gasteiger charge is -2.26. The standard InChI is InChI=1S/C23H11Cl3N4O8/c24-12-1-3-14(4-2-12)28-22(32)16(21(31)27-23(28)33)8-11-7-13(25)9-17(26)20(11)38-19-6-5-15(29(34)35)10-18(19)30(36)37/h1-10H,(H,27,31,33)/b16-8+. The van der Waals surface area contributed by atoms with E-state index in [1.54, 1.807) is 0 Å². The second kappa shape index (κ2) is 10.5. The molecule has 38 heavy (non-hydrogen) atoms. The molecule has 0 aromatic heterocycles. The molecule has 0 saturated carbocycles. The molecule has 1 fully saturated rings. The molecule has 1 N–H and O–H groups in total. The molecular formula is C23H11Cl3N4O8. The van der Waals surface area contributed by atoms with Gasteiger partial charge in [-0.1, -0.05) is 34.8 Å². The molecule has 4 amide bonds. The quantitative estimate of drug-likeness (QED) is 0.163. The molecule has 3 aromatic rings. The predicted molar refractivity (Wildman–Crippen MR) is 137 cm³/mol. The van der Waals surface area contributed by atoms with E-state index in [4.69, 9.17) is 39.5 Å². The number of non-ortho nitro benzene ring substituents is 1. The number of rotatable bonds is 6. The van der Waals surface area contributed by atoms with Crippen LogP contribution in [0.5, 0.6) is 11.5 Å². The normalized spacial score (nSPS) is 14.4. The summed E-state index contributed by atoms with van der Waals surface area (Å²) in [7, 11) is 0. The van der Waals surface area contributed by atoms with E-state index in [0.29, 0.717) is 16.0 Å². The molecule has 12 nitrogen and oxygen atoms in total. The first-order chi connectivity index (χ1) is 18.0. The van der Waals surface area contributed by atoms with Crippen LogP contribution in [0.15, 0.2) is 60.2 Å². The Labute approximate surface area is 227 Å². The Kier molecular flexibility index (Phi) is 7.30. The van der Waals surface area contributed by atoms with Crippen LogP contribution < -0.4 is 15.0 Å². The zero-order valence-electron chi connectivity index (χ0n) is 18.5. The third kappa shape index (κ3) is 5.27. The molecule has 0 bridgehead atoms. The number of nitrogens with zero attached hydrogens (tertiary/aromatic N) is 3. The van der Waals surface area contributed by atoms with Gasteiger partial charge < -0.3 is 4.74 Å². The Morgan fingerprint density at radius 3 is 2.18 bits per heavy atom. The Bertz CT molecular complexity index is 1570. The van der Waals surface area contributed by atoms with Crippen LogP contribution in [0.2, 0.25) is 15.1 Å². The number of urea groups is 1. The number of hydrogen-bond acceptors (Lipinski definition) is 8. The van der Waals surface area contributed by atoms with Gasteiger partial charge in [-0.05, 0) is 48.5 Å². The molecule has 1 heterocycles. The molecule has 0 atom stereocenters. The molecule has 0 spiro atoms. The fourth-order valence-corrected chi connectivity index (χ4v) is 4.06. The number of carbonyl (C=O) groups is 3. The maximum Gasteiger partial charge on any atom is 0.335 e. The number of benzene rings is 3. The summed E-state index contributed by atoms with van der Waals surface area (Å²) in [6, 6.07) is 9.86. The van der Waals surface area contributed by atoms with Crippen LogP contribution in [0, 0.1) is 20.2 Å². The zero-order valence-corrected chi connectivity index (χ0v) is 20.8. The summed E-state index contributed by atoms with van der Waals surface area (Å²) in [5.74, 6) is -2.70. The van der Waals surface area contributed by atoms with Crippen molar-refractivity contribution >= 4 is 75.8 Å². The number of nitro groups is 2. The number of halogens is 3. The van der Waals surface area contributed by atoms with Crippen molar-refractivity contribution in [2.24, 2.45) is 0 Å². The number of nitro benzene ring substituents is 2. The van der Waals surface area contributed by atoms with Crippen molar-refractivity contribution in [3.05, 3.63) is 101 Å². The average Bonchev–Trinajstić information content (AvgIpc) is 2.84. The monoisotopic (exact) mass is 576 g/mol. The van der Waals surface area contributed by atoms with Crippen LogP contribution in [0.3, 0.4) is 0 Å². The molecule has 3 aromatic carbocycles. The minimum Gasteiger partial charge on any atom is -0.448 e. The smallest absolute Gasteiger partial charge is 0.335 e. The first kappa shape index (κ1) is 26.5. The van der Waals surface area contributed by atoms with Crippen molar-refractivity contribution in [2.45, 2.75) is 0 Å². The summed E-state index contributed by atoms with van der Waals surface area (Å²) >= 11 is 18.2. The number of amides is 4. The molecular weight excluding hydrogens is 567 g/mol. The van der Waals surface area contributed by atoms with Gasteiger partial charge in [-0.15, -0.1) is 0 Å². The molecule has 192 valence electrons. The van der Waals surface area contributed by atoms with Gasteiger partial charge in [-0.2, -0.15) is 0 Å². The minimum absolute atomic E-state index is 0.0564. The molecule has 1 aliphatic heterocycles. The van der Waals surface area contributed by atoms with Gasteiger partial charge >= 0.3 is 11.7 Å². The van der Waals surface area contributed by atoms with E-state index in [2.05, 4.69) is 0 Å². The maximum absolute atomic E-state index is 13.2. The van der Waals surface area contributed by atoms with Crippen molar-refractivity contribution < 1.29 is 29.0 Å². The lowest BCUT2D eigenvalue weighted by Crippen LogP contribution is -2.54. The Morgan fingerprint density at radius 2 is 1.55 bits per heavy atom. The van der Waals surface area contributed by atoms with Crippen LogP contribution in [-0.4, -0.2) is 27.7 Å². The number of imide groups is 2. The van der Waals surface area contributed by atoms with Crippen LogP contribution in [-0.2, 0) is 9.59 Å². The largest absolute Gasteiger partial charge is 0.448 e. The van der Waals surface area contributed by atoms with Gasteiger partial charge in [0.15, 0.2) is 5.75 Å². The molecule has 0 aliphatic carbocycles. The highest BCUT2D eigenvalue weighted by Crippen LogP contribution is 2.41. The molecule has 4 rings (SSSR count). The van der Waals surface area contributed by atoms with E-state index >= 15 is 0 Å². The maximum atomic E-state index is 13.2. The Hall–Kier alpha value is -4.52. The lowest BCUT2D eigenvalue weighted by atomic mass is 10.1. The highest BCUT2D eigenvalue weighted by molar-refractivity contribution is 6.40. The van der Waals surface area contributed by atoms with E-state index in [1.165, 1.54) is 36.4 Å². The fraction of sp³-hybridized carbons (Fsp3) is 0. The number of carbonyl (C=O) groups excluding carboxylic acids is 3. The van der Waals surface area contributed by atoms with Crippen LogP contribution >= 0.6 is 34.8 Å². The van der Waals surface area contributed by atoms with Gasteiger partial charge in [0, 0.05) is 21.7 Å². The molecule has 0 radical (unpaired) electrons. The van der Waals surface area contributed by atoms with E-state index in [-0.39, 0.29) is 27.0 Å². The van der Waals surface area contributed by atoms with Gasteiger partial charge in [-0.25, -0.2) is 9.69 Å². The zero-order chi connectivity index (χ0) is 27.7. The molecule has 15 heteroatoms. The van der Waals surface area contributed by atoms with Gasteiger partial charge in [0.1, 0.15) is 5.57 Å².